The molecule has 0 bridgehead atoms. The van der Waals surface area contributed by atoms with Gasteiger partial charge >= 0.3 is 5.97 Å². The monoisotopic (exact) mass is 519 g/mol. The molecule has 0 amide bonds. The number of hydrogen-bond acceptors (Lipinski definition) is 2. The standard InChI is InChI=1S/C24H46O2.Eu/c1-2-3-4-5-6-7-8-9-10-11-12-13-14-15-19-22-24(25)26-23-20-17-16-18-21-23;/h23H,2-22H2,1H3;. The van der Waals surface area contributed by atoms with Crippen LogP contribution in [0.5, 0.6) is 0 Å². The summed E-state index contributed by atoms with van der Waals surface area (Å²) >= 11 is 0. The molecule has 0 aromatic heterocycles. The summed E-state index contributed by atoms with van der Waals surface area (Å²) in [5.41, 5.74) is 0. The SMILES string of the molecule is CCCCCCCCCCCCCCCCCC(=O)OC1CCCCC1.[Eu]. The van der Waals surface area contributed by atoms with Gasteiger partial charge in [0.2, 0.25) is 0 Å². The molecule has 1 rings (SSSR count). The first kappa shape index (κ1) is 28.1. The molecule has 0 aromatic rings. The molecule has 1 saturated carbocycles. The molecule has 161 valence electrons. The number of esters is 1. The summed E-state index contributed by atoms with van der Waals surface area (Å²) in [5.74, 6) is 0.0478. The summed E-state index contributed by atoms with van der Waals surface area (Å²) in [6, 6.07) is 0. The quantitative estimate of drug-likeness (QED) is 0.144. The van der Waals surface area contributed by atoms with Crippen molar-refractivity contribution in [2.45, 2.75) is 148 Å². The largest absolute Gasteiger partial charge is 0.462 e. The van der Waals surface area contributed by atoms with Crippen LogP contribution in [0.25, 0.3) is 0 Å². The summed E-state index contributed by atoms with van der Waals surface area (Å²) in [5, 5.41) is 0. The maximum absolute atomic E-state index is 11.8. The van der Waals surface area contributed by atoms with Crippen molar-refractivity contribution in [3.05, 3.63) is 0 Å². The summed E-state index contributed by atoms with van der Waals surface area (Å²) in [4.78, 5) is 11.8. The molecule has 1 radical (unpaired) electrons. The third kappa shape index (κ3) is 18.8. The third-order valence-corrected chi connectivity index (χ3v) is 5.83. The Hall–Kier alpha value is 1.05. The summed E-state index contributed by atoms with van der Waals surface area (Å²) in [6.07, 6.45) is 27.3. The zero-order valence-electron chi connectivity index (χ0n) is 18.1. The number of rotatable bonds is 17. The molecular weight excluding hydrogens is 472 g/mol. The maximum Gasteiger partial charge on any atom is 0.306 e. The van der Waals surface area contributed by atoms with E-state index in [4.69, 9.17) is 4.74 Å². The van der Waals surface area contributed by atoms with E-state index in [1.165, 1.54) is 109 Å². The number of carbonyl (C=O) groups excluding carboxylic acids is 1. The van der Waals surface area contributed by atoms with E-state index in [9.17, 15) is 4.79 Å². The molecule has 1 fully saturated rings. The predicted octanol–water partition coefficient (Wildman–Crippen LogP) is 8.12. The predicted molar refractivity (Wildman–Crippen MR) is 113 cm³/mol. The minimum Gasteiger partial charge on any atom is -0.462 e. The van der Waals surface area contributed by atoms with E-state index in [1.807, 2.05) is 0 Å². The minimum absolute atomic E-state index is 0. The topological polar surface area (TPSA) is 26.3 Å². The van der Waals surface area contributed by atoms with Gasteiger partial charge in [-0.2, -0.15) is 0 Å². The van der Waals surface area contributed by atoms with Gasteiger partial charge in [-0.15, -0.1) is 0 Å². The van der Waals surface area contributed by atoms with E-state index < -0.39 is 0 Å². The van der Waals surface area contributed by atoms with E-state index in [1.54, 1.807) is 0 Å². The van der Waals surface area contributed by atoms with Crippen molar-refractivity contribution in [3.63, 3.8) is 0 Å². The van der Waals surface area contributed by atoms with Gasteiger partial charge in [-0.3, -0.25) is 4.79 Å². The smallest absolute Gasteiger partial charge is 0.306 e. The average molecular weight is 519 g/mol. The van der Waals surface area contributed by atoms with E-state index >= 15 is 0 Å². The van der Waals surface area contributed by atoms with Gasteiger partial charge < -0.3 is 4.74 Å². The first-order chi connectivity index (χ1) is 12.8. The van der Waals surface area contributed by atoms with Crippen LogP contribution in [0.15, 0.2) is 0 Å². The van der Waals surface area contributed by atoms with E-state index in [2.05, 4.69) is 6.92 Å². The summed E-state index contributed by atoms with van der Waals surface area (Å²) < 4.78 is 5.57. The molecule has 1 aliphatic rings. The van der Waals surface area contributed by atoms with Crippen molar-refractivity contribution >= 4 is 5.97 Å². The molecule has 0 aliphatic heterocycles. The average Bonchev–Trinajstić information content (AvgIpc) is 2.65. The van der Waals surface area contributed by atoms with Crippen LogP contribution in [0, 0.1) is 49.4 Å². The molecule has 0 aromatic carbocycles. The van der Waals surface area contributed by atoms with E-state index in [0.717, 1.165) is 19.3 Å². The zero-order valence-corrected chi connectivity index (χ0v) is 20.5. The van der Waals surface area contributed by atoms with Crippen LogP contribution in [0.3, 0.4) is 0 Å². The molecule has 0 unspecified atom stereocenters. The molecular formula is C24H46EuO2. The van der Waals surface area contributed by atoms with Crippen molar-refractivity contribution in [2.24, 2.45) is 0 Å². The summed E-state index contributed by atoms with van der Waals surface area (Å²) in [7, 11) is 0. The van der Waals surface area contributed by atoms with Crippen molar-refractivity contribution in [1.82, 2.24) is 0 Å². The molecule has 3 heteroatoms. The first-order valence-corrected chi connectivity index (χ1v) is 12.0. The van der Waals surface area contributed by atoms with Crippen LogP contribution in [-0.2, 0) is 9.53 Å². The van der Waals surface area contributed by atoms with Gasteiger partial charge in [-0.05, 0) is 32.1 Å². The Labute approximate surface area is 210 Å². The fourth-order valence-corrected chi connectivity index (χ4v) is 4.07. The van der Waals surface area contributed by atoms with Crippen LogP contribution in [-0.4, -0.2) is 12.1 Å². The number of ether oxygens (including phenoxy) is 1. The second-order valence-electron chi connectivity index (χ2n) is 8.45. The molecule has 2 nitrogen and oxygen atoms in total. The summed E-state index contributed by atoms with van der Waals surface area (Å²) in [6.45, 7) is 2.28. The minimum atomic E-state index is 0. The van der Waals surface area contributed by atoms with Crippen molar-refractivity contribution in [1.29, 1.82) is 0 Å². The van der Waals surface area contributed by atoms with Crippen LogP contribution >= 0.6 is 0 Å². The van der Waals surface area contributed by atoms with Crippen LogP contribution in [0.4, 0.5) is 0 Å². The molecule has 0 N–H and O–H groups in total. The van der Waals surface area contributed by atoms with E-state index in [0.29, 0.717) is 6.42 Å². The van der Waals surface area contributed by atoms with Gasteiger partial charge in [0.05, 0.1) is 0 Å². The number of unbranched alkanes of at least 4 members (excludes halogenated alkanes) is 14. The Balaban J connectivity index is 0.00000676. The molecule has 0 spiro atoms. The second kappa shape index (κ2) is 21.8. The fourth-order valence-electron chi connectivity index (χ4n) is 4.07. The van der Waals surface area contributed by atoms with Gasteiger partial charge in [0.15, 0.2) is 0 Å². The maximum atomic E-state index is 11.8. The Morgan fingerprint density at radius 1 is 0.667 bits per heavy atom. The van der Waals surface area contributed by atoms with Gasteiger partial charge in [-0.25, -0.2) is 0 Å². The molecule has 0 atom stereocenters. The van der Waals surface area contributed by atoms with Crippen LogP contribution in [0.1, 0.15) is 142 Å². The Morgan fingerprint density at radius 3 is 1.52 bits per heavy atom. The first-order valence-electron chi connectivity index (χ1n) is 12.0. The van der Waals surface area contributed by atoms with Gasteiger partial charge in [-0.1, -0.05) is 103 Å². The zero-order chi connectivity index (χ0) is 18.7. The number of carbonyl (C=O) groups is 1. The van der Waals surface area contributed by atoms with Crippen LogP contribution in [0.2, 0.25) is 0 Å². The van der Waals surface area contributed by atoms with Crippen molar-refractivity contribution < 1.29 is 58.9 Å². The van der Waals surface area contributed by atoms with Gasteiger partial charge in [0, 0.05) is 55.8 Å². The third-order valence-electron chi connectivity index (χ3n) is 5.83. The molecule has 0 heterocycles. The van der Waals surface area contributed by atoms with Crippen molar-refractivity contribution in [2.75, 3.05) is 0 Å². The molecule has 0 saturated heterocycles. The van der Waals surface area contributed by atoms with Crippen molar-refractivity contribution in [3.8, 4) is 0 Å². The van der Waals surface area contributed by atoms with Crippen LogP contribution < -0.4 is 0 Å². The Bertz CT molecular complexity index is 314. The molecule has 27 heavy (non-hydrogen) atoms. The normalized spacial score (nSPS) is 14.7. The Kier molecular flexibility index (Phi) is 22.6. The van der Waals surface area contributed by atoms with Gasteiger partial charge in [0.25, 0.3) is 0 Å². The molecule has 1 aliphatic carbocycles. The fraction of sp³-hybridized carbons (Fsp3) is 0.958. The van der Waals surface area contributed by atoms with E-state index in [-0.39, 0.29) is 61.4 Å². The van der Waals surface area contributed by atoms with Gasteiger partial charge in [0.1, 0.15) is 6.10 Å². The second-order valence-corrected chi connectivity index (χ2v) is 8.45. The Morgan fingerprint density at radius 2 is 1.07 bits per heavy atom. The number of hydrogen-bond donors (Lipinski definition) is 0.